The second-order valence-electron chi connectivity index (χ2n) is 12.3. The molecule has 2 N–H and O–H groups in total. The van der Waals surface area contributed by atoms with E-state index in [0.29, 0.717) is 17.1 Å². The zero-order valence-corrected chi connectivity index (χ0v) is 30.3. The van der Waals surface area contributed by atoms with Crippen LogP contribution in [0.15, 0.2) is 127 Å². The molecule has 1 amide bonds. The summed E-state index contributed by atoms with van der Waals surface area (Å²) in [5.74, 6) is 0.993. The molecule has 1 aliphatic heterocycles. The fraction of sp³-hybridized carbons (Fsp3) is 0.211. The van der Waals surface area contributed by atoms with Crippen molar-refractivity contribution in [3.05, 3.63) is 155 Å². The number of carbonyl (C=O) groups excluding carboxylic acids is 1. The van der Waals surface area contributed by atoms with Crippen LogP contribution in [-0.2, 0) is 24.2 Å². The van der Waals surface area contributed by atoms with Crippen molar-refractivity contribution in [2.75, 3.05) is 26.1 Å². The number of azide groups is 1. The largest absolute Gasteiger partial charge is 0.695 e. The predicted octanol–water partition coefficient (Wildman–Crippen LogP) is 6.72. The summed E-state index contributed by atoms with van der Waals surface area (Å²) in [7, 11) is -0.0443. The molecule has 16 nitrogen and oxygen atoms in total. The second kappa shape index (κ2) is 16.4. The minimum Gasteiger partial charge on any atom is -0.497 e. The Labute approximate surface area is 315 Å². The summed E-state index contributed by atoms with van der Waals surface area (Å²) in [6, 6.07) is 31.9. The van der Waals surface area contributed by atoms with E-state index < -0.39 is 44.2 Å². The lowest BCUT2D eigenvalue weighted by Gasteiger charge is -2.37. The molecule has 3 heterocycles. The highest BCUT2D eigenvalue weighted by Crippen LogP contribution is 2.45. The van der Waals surface area contributed by atoms with Crippen LogP contribution in [0.3, 0.4) is 0 Å². The summed E-state index contributed by atoms with van der Waals surface area (Å²) in [6.45, 7) is -0.199. The second-order valence-corrected chi connectivity index (χ2v) is 12.9. The molecule has 0 saturated carbocycles. The quantitative estimate of drug-likeness (QED) is 0.0392. The Hall–Kier alpha value is -6.25. The zero-order valence-electron chi connectivity index (χ0n) is 29.4. The fourth-order valence-electron chi connectivity index (χ4n) is 6.68. The summed E-state index contributed by atoms with van der Waals surface area (Å²) in [5, 5.41) is 6.75. The molecular formula is C38H34N8O8P+. The van der Waals surface area contributed by atoms with Gasteiger partial charge in [0.05, 0.1) is 33.3 Å². The van der Waals surface area contributed by atoms with Crippen molar-refractivity contribution in [1.29, 1.82) is 0 Å². The van der Waals surface area contributed by atoms with E-state index in [0.717, 1.165) is 16.7 Å². The van der Waals surface area contributed by atoms with E-state index in [-0.39, 0.29) is 23.6 Å². The lowest BCUT2D eigenvalue weighted by atomic mass is 9.80. The number of imidazole rings is 1. The number of nitrogens with zero attached hydrogens (tertiary/aromatic N) is 7. The Morgan fingerprint density at radius 1 is 0.909 bits per heavy atom. The highest BCUT2D eigenvalue weighted by Gasteiger charge is 2.52. The Balaban J connectivity index is 1.28. The van der Waals surface area contributed by atoms with Gasteiger partial charge in [-0.25, -0.2) is 15.0 Å². The maximum atomic E-state index is 13.0. The van der Waals surface area contributed by atoms with E-state index in [1.54, 1.807) is 44.6 Å². The van der Waals surface area contributed by atoms with Gasteiger partial charge in [0.25, 0.3) is 5.91 Å². The lowest BCUT2D eigenvalue weighted by molar-refractivity contribution is -0.0844. The number of fused-ring (bicyclic) bond motifs is 1. The van der Waals surface area contributed by atoms with Crippen LogP contribution in [0.5, 0.6) is 11.5 Å². The van der Waals surface area contributed by atoms with Crippen LogP contribution in [0, 0.1) is 0 Å². The summed E-state index contributed by atoms with van der Waals surface area (Å²) in [4.78, 5) is 39.1. The smallest absolute Gasteiger partial charge is 0.497 e. The van der Waals surface area contributed by atoms with Gasteiger partial charge in [-0.15, -0.1) is 9.42 Å². The molecule has 1 unspecified atom stereocenters. The molecule has 0 aliphatic carbocycles. The minimum absolute atomic E-state index is 0.124. The van der Waals surface area contributed by atoms with Crippen molar-refractivity contribution in [1.82, 2.24) is 19.5 Å². The lowest BCUT2D eigenvalue weighted by Crippen LogP contribution is -2.39. The number of nitrogens with one attached hydrogen (secondary N) is 1. The summed E-state index contributed by atoms with van der Waals surface area (Å²) in [5.41, 5.74) is 11.6. The number of aromatic nitrogens is 4. The average Bonchev–Trinajstić information content (AvgIpc) is 3.80. The van der Waals surface area contributed by atoms with Crippen molar-refractivity contribution >= 4 is 31.1 Å². The number of amides is 1. The number of methoxy groups -OCH3 is 2. The van der Waals surface area contributed by atoms with Gasteiger partial charge in [-0.3, -0.25) is 9.36 Å². The third-order valence-electron chi connectivity index (χ3n) is 9.25. The molecular weight excluding hydrogens is 727 g/mol. The average molecular weight is 762 g/mol. The molecule has 1 saturated heterocycles. The van der Waals surface area contributed by atoms with Gasteiger partial charge < -0.3 is 24.3 Å². The summed E-state index contributed by atoms with van der Waals surface area (Å²) < 4.78 is 43.7. The molecule has 0 radical (unpaired) electrons. The van der Waals surface area contributed by atoms with E-state index in [9.17, 15) is 19.8 Å². The van der Waals surface area contributed by atoms with Crippen LogP contribution in [0.25, 0.3) is 21.6 Å². The molecule has 1 fully saturated rings. The third-order valence-corrected chi connectivity index (χ3v) is 9.67. The normalized spacial score (nSPS) is 18.3. The molecule has 0 bridgehead atoms. The highest BCUT2D eigenvalue weighted by atomic mass is 31.1. The Kier molecular flexibility index (Phi) is 11.1. The van der Waals surface area contributed by atoms with Gasteiger partial charge in [0, 0.05) is 15.0 Å². The third kappa shape index (κ3) is 7.46. The van der Waals surface area contributed by atoms with E-state index in [4.69, 9.17) is 23.5 Å². The van der Waals surface area contributed by atoms with Gasteiger partial charge in [0.1, 0.15) is 29.5 Å². The molecule has 7 rings (SSSR count). The van der Waals surface area contributed by atoms with Crippen molar-refractivity contribution < 1.29 is 37.7 Å². The first-order chi connectivity index (χ1) is 26.9. The molecule has 17 heteroatoms. The standard InChI is InChI=1S/C38H33N8O8P/c1-50-28-17-13-26(14-18-28)38(25-11-7-4-8-12-25,27-15-19-29(51-2)20-16-27)52-21-30-31(44-45-39)33(54-55(48)49)37(53-30)46-23-42-32-34(40-22-41-35(32)46)43-36(47)24-9-5-3-6-10-24/h3-20,22-23,30-31,33,37H,21H2,1-2H3,(H-,40,41,43,47,48,49)/p+1/t30-,31-,33-,37-/m1/s1. The first-order valence-electron chi connectivity index (χ1n) is 16.9. The van der Waals surface area contributed by atoms with Crippen molar-refractivity contribution in [3.8, 4) is 11.5 Å². The van der Waals surface area contributed by atoms with Crippen LogP contribution < -0.4 is 14.8 Å². The number of anilines is 1. The number of ether oxygens (including phenoxy) is 4. The van der Waals surface area contributed by atoms with Crippen LogP contribution in [0.4, 0.5) is 5.82 Å². The first kappa shape index (κ1) is 37.1. The SMILES string of the molecule is COc1ccc(C(OC[C@H]2O[C@@H](n3cnc4c(NC(=O)c5ccccc5)ncnc43)[C@H](O[P+](=O)O)[C@@H]2N=[N+]=[N-])(c2ccccc2)c2ccc(OC)cc2)cc1. The Morgan fingerprint density at radius 3 is 2.09 bits per heavy atom. The van der Waals surface area contributed by atoms with Crippen LogP contribution in [0.1, 0.15) is 33.3 Å². The molecule has 5 atom stereocenters. The van der Waals surface area contributed by atoms with Gasteiger partial charge in [0.2, 0.25) is 0 Å². The van der Waals surface area contributed by atoms with Gasteiger partial charge in [-0.05, 0) is 58.6 Å². The molecule has 278 valence electrons. The van der Waals surface area contributed by atoms with Gasteiger partial charge >= 0.3 is 8.25 Å². The van der Waals surface area contributed by atoms with Gasteiger partial charge in [-0.2, -0.15) is 0 Å². The molecule has 1 aliphatic rings. The maximum Gasteiger partial charge on any atom is 0.695 e. The van der Waals surface area contributed by atoms with E-state index in [1.807, 2.05) is 78.9 Å². The van der Waals surface area contributed by atoms with E-state index >= 15 is 0 Å². The van der Waals surface area contributed by atoms with Crippen molar-refractivity contribution in [2.45, 2.75) is 30.1 Å². The summed E-state index contributed by atoms with van der Waals surface area (Å²) in [6.07, 6.45) is -0.914. The number of rotatable bonds is 14. The van der Waals surface area contributed by atoms with Crippen molar-refractivity contribution in [3.63, 3.8) is 0 Å². The van der Waals surface area contributed by atoms with E-state index in [2.05, 4.69) is 30.3 Å². The minimum atomic E-state index is -3.21. The fourth-order valence-corrected chi connectivity index (χ4v) is 7.11. The van der Waals surface area contributed by atoms with Gasteiger partial charge in [0.15, 0.2) is 29.3 Å². The number of hydrogen-bond donors (Lipinski definition) is 2. The molecule has 2 aromatic heterocycles. The molecule has 6 aromatic rings. The molecule has 0 spiro atoms. The monoisotopic (exact) mass is 761 g/mol. The first-order valence-corrected chi connectivity index (χ1v) is 18.0. The number of hydrogen-bond acceptors (Lipinski definition) is 11. The Bertz CT molecular complexity index is 2280. The van der Waals surface area contributed by atoms with Crippen LogP contribution in [0.2, 0.25) is 0 Å². The maximum absolute atomic E-state index is 13.0. The van der Waals surface area contributed by atoms with Crippen molar-refractivity contribution in [2.24, 2.45) is 5.11 Å². The van der Waals surface area contributed by atoms with E-state index in [1.165, 1.54) is 17.2 Å². The van der Waals surface area contributed by atoms with Crippen LogP contribution >= 0.6 is 8.25 Å². The topological polar surface area (TPSA) is 205 Å². The number of carbonyl (C=O) groups is 1. The summed E-state index contributed by atoms with van der Waals surface area (Å²) >= 11 is 0. The molecule has 55 heavy (non-hydrogen) atoms. The Morgan fingerprint density at radius 2 is 1.51 bits per heavy atom. The number of benzene rings is 4. The van der Waals surface area contributed by atoms with Gasteiger partial charge in [-0.1, -0.05) is 77.9 Å². The zero-order chi connectivity index (χ0) is 38.4. The predicted molar refractivity (Wildman–Crippen MR) is 200 cm³/mol. The van der Waals surface area contributed by atoms with Crippen LogP contribution in [-0.4, -0.2) is 69.4 Å². The molecule has 4 aromatic carbocycles. The highest BCUT2D eigenvalue weighted by molar-refractivity contribution is 7.32.